The third-order valence-electron chi connectivity index (χ3n) is 4.29. The Bertz CT molecular complexity index is 1040. The van der Waals surface area contributed by atoms with Crippen molar-refractivity contribution < 1.29 is 24.1 Å². The van der Waals surface area contributed by atoms with Gasteiger partial charge in [-0.15, -0.1) is 11.3 Å². The van der Waals surface area contributed by atoms with Gasteiger partial charge in [-0.25, -0.2) is 14.8 Å². The molecule has 0 spiro atoms. The predicted octanol–water partition coefficient (Wildman–Crippen LogP) is 3.69. The Labute approximate surface area is 171 Å². The summed E-state index contributed by atoms with van der Waals surface area (Å²) in [6.45, 7) is 3.10. The van der Waals surface area contributed by atoms with E-state index in [2.05, 4.69) is 15.3 Å². The summed E-state index contributed by atoms with van der Waals surface area (Å²) in [4.78, 5) is 20.8. The first kappa shape index (κ1) is 19.0. The lowest BCUT2D eigenvalue weighted by molar-refractivity contribution is 0.0698. The van der Waals surface area contributed by atoms with Gasteiger partial charge in [0.1, 0.15) is 17.9 Å². The van der Waals surface area contributed by atoms with Crippen LogP contribution in [0.5, 0.6) is 17.2 Å². The molecule has 1 aromatic carbocycles. The van der Waals surface area contributed by atoms with Gasteiger partial charge < -0.3 is 24.6 Å². The Hall–Kier alpha value is -3.33. The summed E-state index contributed by atoms with van der Waals surface area (Å²) >= 11 is 1.13. The van der Waals surface area contributed by atoms with Gasteiger partial charge in [0, 0.05) is 18.7 Å². The van der Waals surface area contributed by atoms with Crippen LogP contribution in [0, 0.1) is 0 Å². The normalized spacial score (nSPS) is 12.0. The lowest BCUT2D eigenvalue weighted by Crippen LogP contribution is -2.07. The minimum atomic E-state index is -1.02. The maximum atomic E-state index is 11.4. The van der Waals surface area contributed by atoms with E-state index in [4.69, 9.17) is 14.2 Å². The number of nitrogens with one attached hydrogen (secondary N) is 1. The number of nitrogens with zero attached hydrogens (tertiary/aromatic N) is 2. The van der Waals surface area contributed by atoms with Gasteiger partial charge in [0.2, 0.25) is 6.79 Å². The van der Waals surface area contributed by atoms with E-state index in [-0.39, 0.29) is 11.7 Å². The third-order valence-corrected chi connectivity index (χ3v) is 5.42. The number of aromatic carboxylic acids is 1. The highest BCUT2D eigenvalue weighted by molar-refractivity contribution is 7.17. The first-order chi connectivity index (χ1) is 14.2. The molecule has 2 aromatic heterocycles. The Kier molecular flexibility index (Phi) is 5.48. The third kappa shape index (κ3) is 4.09. The van der Waals surface area contributed by atoms with Crippen LogP contribution in [0.15, 0.2) is 36.7 Å². The molecule has 4 rings (SSSR count). The number of carbonyl (C=O) groups is 1. The second-order valence-electron chi connectivity index (χ2n) is 6.16. The van der Waals surface area contributed by atoms with Crippen LogP contribution < -0.4 is 19.5 Å². The lowest BCUT2D eigenvalue weighted by Gasteiger charge is -2.08. The molecule has 8 nitrogen and oxygen atoms in total. The summed E-state index contributed by atoms with van der Waals surface area (Å²) in [7, 11) is 0. The highest BCUT2D eigenvalue weighted by Crippen LogP contribution is 2.37. The number of rotatable bonds is 8. The van der Waals surface area contributed by atoms with Gasteiger partial charge in [-0.1, -0.05) is 12.1 Å². The smallest absolute Gasteiger partial charge is 0.349 e. The predicted molar refractivity (Wildman–Crippen MR) is 108 cm³/mol. The number of ether oxygens (including phenoxy) is 3. The highest BCUT2D eigenvalue weighted by atomic mass is 32.1. The van der Waals surface area contributed by atoms with Crippen molar-refractivity contribution in [2.75, 3.05) is 25.3 Å². The molecule has 2 N–H and O–H groups in total. The second kappa shape index (κ2) is 8.36. The fourth-order valence-electron chi connectivity index (χ4n) is 3.01. The molecule has 9 heteroatoms. The standard InChI is InChI=1S/C20H19N3O5S/c1-2-26-15-9-16(29-19(15)20(24)25)13-8-17(23-10-22-13)21-7-6-12-4-3-5-14-18(12)28-11-27-14/h3-5,8-10H,2,6-7,11H2,1H3,(H,24,25)(H,21,22,23). The Morgan fingerprint density at radius 2 is 2.21 bits per heavy atom. The number of anilines is 1. The molecule has 150 valence electrons. The van der Waals surface area contributed by atoms with Crippen LogP contribution in [-0.4, -0.2) is 41.0 Å². The van der Waals surface area contributed by atoms with Crippen molar-refractivity contribution in [1.82, 2.24) is 9.97 Å². The van der Waals surface area contributed by atoms with Gasteiger partial charge in [-0.2, -0.15) is 0 Å². The van der Waals surface area contributed by atoms with Gasteiger partial charge in [0.25, 0.3) is 0 Å². The quantitative estimate of drug-likeness (QED) is 0.576. The van der Waals surface area contributed by atoms with Crippen LogP contribution in [0.3, 0.4) is 0 Å². The Morgan fingerprint density at radius 3 is 3.03 bits per heavy atom. The maximum absolute atomic E-state index is 11.4. The monoisotopic (exact) mass is 413 g/mol. The number of hydrogen-bond acceptors (Lipinski definition) is 8. The molecular formula is C20H19N3O5S. The van der Waals surface area contributed by atoms with Crippen molar-refractivity contribution in [3.63, 3.8) is 0 Å². The van der Waals surface area contributed by atoms with E-state index in [0.29, 0.717) is 35.3 Å². The van der Waals surface area contributed by atoms with E-state index in [9.17, 15) is 9.90 Å². The van der Waals surface area contributed by atoms with Crippen LogP contribution in [0.1, 0.15) is 22.2 Å². The average molecular weight is 413 g/mol. The minimum absolute atomic E-state index is 0.162. The van der Waals surface area contributed by atoms with Crippen LogP contribution in [-0.2, 0) is 6.42 Å². The summed E-state index contributed by atoms with van der Waals surface area (Å²) in [6.07, 6.45) is 2.19. The van der Waals surface area contributed by atoms with Gasteiger partial charge >= 0.3 is 5.97 Å². The summed E-state index contributed by atoms with van der Waals surface area (Å²) < 4.78 is 16.4. The number of carboxylic acid groups (broad SMARTS) is 1. The van der Waals surface area contributed by atoms with Gasteiger partial charge in [0.15, 0.2) is 16.4 Å². The zero-order valence-electron chi connectivity index (χ0n) is 15.7. The summed E-state index contributed by atoms with van der Waals surface area (Å²) in [6, 6.07) is 9.34. The fourth-order valence-corrected chi connectivity index (χ4v) is 3.92. The summed E-state index contributed by atoms with van der Waals surface area (Å²) in [5.74, 6) is 1.56. The number of para-hydroxylation sites is 1. The van der Waals surface area contributed by atoms with E-state index in [1.807, 2.05) is 25.1 Å². The number of hydrogen-bond donors (Lipinski definition) is 2. The molecule has 0 radical (unpaired) electrons. The maximum Gasteiger partial charge on any atom is 0.349 e. The molecule has 0 fully saturated rings. The number of aromatic nitrogens is 2. The molecule has 0 atom stereocenters. The molecule has 29 heavy (non-hydrogen) atoms. The number of fused-ring (bicyclic) bond motifs is 1. The highest BCUT2D eigenvalue weighted by Gasteiger charge is 2.19. The first-order valence-electron chi connectivity index (χ1n) is 9.09. The number of benzene rings is 1. The van der Waals surface area contributed by atoms with Gasteiger partial charge in [0.05, 0.1) is 17.2 Å². The van der Waals surface area contributed by atoms with Crippen molar-refractivity contribution in [1.29, 1.82) is 0 Å². The van der Waals surface area contributed by atoms with E-state index >= 15 is 0 Å². The molecule has 3 aromatic rings. The van der Waals surface area contributed by atoms with Crippen molar-refractivity contribution in [3.05, 3.63) is 47.1 Å². The molecular weight excluding hydrogens is 394 g/mol. The van der Waals surface area contributed by atoms with Crippen molar-refractivity contribution in [3.8, 4) is 27.8 Å². The molecule has 0 amide bonds. The second-order valence-corrected chi connectivity index (χ2v) is 7.21. The van der Waals surface area contributed by atoms with E-state index < -0.39 is 5.97 Å². The molecule has 0 bridgehead atoms. The van der Waals surface area contributed by atoms with E-state index in [1.54, 1.807) is 12.1 Å². The van der Waals surface area contributed by atoms with E-state index in [0.717, 1.165) is 34.8 Å². The number of thiophene rings is 1. The van der Waals surface area contributed by atoms with Gasteiger partial charge in [-0.3, -0.25) is 0 Å². The molecule has 3 heterocycles. The van der Waals surface area contributed by atoms with Gasteiger partial charge in [-0.05, 0) is 25.0 Å². The van der Waals surface area contributed by atoms with Crippen LogP contribution in [0.4, 0.5) is 5.82 Å². The molecule has 0 aliphatic carbocycles. The average Bonchev–Trinajstić information content (AvgIpc) is 3.36. The summed E-state index contributed by atoms with van der Waals surface area (Å²) in [5.41, 5.74) is 1.70. The van der Waals surface area contributed by atoms with Crippen LogP contribution in [0.2, 0.25) is 0 Å². The number of carboxylic acids is 1. The van der Waals surface area contributed by atoms with E-state index in [1.165, 1.54) is 6.33 Å². The van der Waals surface area contributed by atoms with Crippen molar-refractivity contribution in [2.45, 2.75) is 13.3 Å². The van der Waals surface area contributed by atoms with Crippen molar-refractivity contribution >= 4 is 23.1 Å². The SMILES string of the molecule is CCOc1cc(-c2cc(NCCc3cccc4c3OCO4)ncn2)sc1C(=O)O. The minimum Gasteiger partial charge on any atom is -0.492 e. The Morgan fingerprint density at radius 1 is 1.31 bits per heavy atom. The molecule has 1 aliphatic rings. The Balaban J connectivity index is 1.46. The topological polar surface area (TPSA) is 103 Å². The van der Waals surface area contributed by atoms with Crippen LogP contribution in [0.25, 0.3) is 10.6 Å². The summed E-state index contributed by atoms with van der Waals surface area (Å²) in [5, 5.41) is 12.6. The lowest BCUT2D eigenvalue weighted by atomic mass is 10.1. The zero-order valence-corrected chi connectivity index (χ0v) is 16.5. The molecule has 1 aliphatic heterocycles. The fraction of sp³-hybridized carbons (Fsp3) is 0.250. The largest absolute Gasteiger partial charge is 0.492 e. The van der Waals surface area contributed by atoms with Crippen molar-refractivity contribution in [2.24, 2.45) is 0 Å². The zero-order chi connectivity index (χ0) is 20.2. The molecule has 0 saturated carbocycles. The van der Waals surface area contributed by atoms with Crippen LogP contribution >= 0.6 is 11.3 Å². The molecule has 0 unspecified atom stereocenters. The molecule has 0 saturated heterocycles. The first-order valence-corrected chi connectivity index (χ1v) is 9.91.